The highest BCUT2D eigenvalue weighted by Crippen LogP contribution is 2.30. The molecule has 0 unspecified atom stereocenters. The zero-order valence-corrected chi connectivity index (χ0v) is 21.0. The van der Waals surface area contributed by atoms with Crippen LogP contribution in [-0.4, -0.2) is 50.5 Å². The van der Waals surface area contributed by atoms with E-state index in [1.165, 1.54) is 6.42 Å². The number of piperidine rings is 1. The third kappa shape index (κ3) is 5.89. The third-order valence-corrected chi connectivity index (χ3v) is 7.32. The number of anilines is 1. The van der Waals surface area contributed by atoms with Gasteiger partial charge in [0.15, 0.2) is 11.6 Å². The predicted octanol–water partition coefficient (Wildman–Crippen LogP) is 4.42. The lowest BCUT2D eigenvalue weighted by Gasteiger charge is -2.28. The molecule has 0 bridgehead atoms. The van der Waals surface area contributed by atoms with Crippen molar-refractivity contribution >= 4 is 5.82 Å². The van der Waals surface area contributed by atoms with Crippen molar-refractivity contribution in [2.24, 2.45) is 0 Å². The summed E-state index contributed by atoms with van der Waals surface area (Å²) in [5.74, 6) is 7.17. The lowest BCUT2D eigenvalue weighted by atomic mass is 9.85. The number of hydrogen-bond acceptors (Lipinski definition) is 6. The fraction of sp³-hybridized carbons (Fsp3) is 0.448. The maximum atomic E-state index is 10.7. The van der Waals surface area contributed by atoms with Crippen LogP contribution in [0.25, 0.3) is 11.1 Å². The number of aromatic nitrogens is 3. The second kappa shape index (κ2) is 10.7. The van der Waals surface area contributed by atoms with E-state index >= 15 is 0 Å². The van der Waals surface area contributed by atoms with Gasteiger partial charge in [0.25, 0.3) is 0 Å². The Hall–Kier alpha value is -3.34. The molecule has 0 atom stereocenters. The van der Waals surface area contributed by atoms with Crippen molar-refractivity contribution in [2.75, 3.05) is 25.9 Å². The van der Waals surface area contributed by atoms with E-state index in [0.717, 1.165) is 73.9 Å². The number of nitrogens with two attached hydrogens (primary N) is 1. The molecule has 7 heteroatoms. The average molecular weight is 486 g/mol. The van der Waals surface area contributed by atoms with Crippen LogP contribution in [0, 0.1) is 11.8 Å². The van der Waals surface area contributed by atoms with Crippen LogP contribution < -0.4 is 10.5 Å². The van der Waals surface area contributed by atoms with Crippen LogP contribution in [0.3, 0.4) is 0 Å². The smallest absolute Gasteiger partial charge is 0.166 e. The van der Waals surface area contributed by atoms with Gasteiger partial charge in [0.1, 0.15) is 12.2 Å². The van der Waals surface area contributed by atoms with Crippen molar-refractivity contribution in [3.63, 3.8) is 0 Å². The molecule has 1 aromatic carbocycles. The summed E-state index contributed by atoms with van der Waals surface area (Å²) in [7, 11) is 2.16. The van der Waals surface area contributed by atoms with Crippen molar-refractivity contribution < 1.29 is 9.84 Å². The summed E-state index contributed by atoms with van der Waals surface area (Å²) < 4.78 is 8.15. The summed E-state index contributed by atoms with van der Waals surface area (Å²) in [6, 6.07) is 10.3. The highest BCUT2D eigenvalue weighted by Gasteiger charge is 2.26. The molecule has 0 amide bonds. The lowest BCUT2D eigenvalue weighted by molar-refractivity contribution is 0.0610. The highest BCUT2D eigenvalue weighted by molar-refractivity contribution is 5.65. The number of hydrogen-bond donors (Lipinski definition) is 2. The number of ether oxygens (including phenoxy) is 1. The highest BCUT2D eigenvalue weighted by atomic mass is 16.5. The van der Waals surface area contributed by atoms with Gasteiger partial charge in [0.2, 0.25) is 0 Å². The molecule has 7 nitrogen and oxygen atoms in total. The van der Waals surface area contributed by atoms with Gasteiger partial charge in [-0.15, -0.1) is 0 Å². The Labute approximate surface area is 213 Å². The van der Waals surface area contributed by atoms with Gasteiger partial charge >= 0.3 is 0 Å². The summed E-state index contributed by atoms with van der Waals surface area (Å²) >= 11 is 0. The van der Waals surface area contributed by atoms with E-state index in [2.05, 4.69) is 44.7 Å². The minimum Gasteiger partial charge on any atom is -0.485 e. The fourth-order valence-electron chi connectivity index (χ4n) is 5.03. The molecular weight excluding hydrogens is 450 g/mol. The summed E-state index contributed by atoms with van der Waals surface area (Å²) in [6.07, 6.45) is 12.7. The minimum absolute atomic E-state index is 0.351. The number of nitrogen functional groups attached to an aromatic ring is 1. The topological polar surface area (TPSA) is 89.4 Å². The quantitative estimate of drug-likeness (QED) is 0.520. The Morgan fingerprint density at radius 1 is 1.11 bits per heavy atom. The first-order chi connectivity index (χ1) is 17.5. The maximum absolute atomic E-state index is 10.7. The van der Waals surface area contributed by atoms with E-state index in [-0.39, 0.29) is 0 Å². The standard InChI is InChI=1S/C29H35N5O2/c1-33-14-9-26(10-15-33)34-20-25(19-32-34)24-17-27(28(30)31-18-24)36-21-23-7-5-6-22(16-23)8-13-29(35)11-3-2-4-12-29/h5-7,16-20,26,35H,2-4,9-12,14-15,21H2,1H3,(H2,30,31). The summed E-state index contributed by atoms with van der Waals surface area (Å²) in [6.45, 7) is 2.54. The van der Waals surface area contributed by atoms with E-state index in [4.69, 9.17) is 10.5 Å². The number of likely N-dealkylation sites (tertiary alicyclic amines) is 1. The van der Waals surface area contributed by atoms with Gasteiger partial charge in [-0.3, -0.25) is 4.68 Å². The van der Waals surface area contributed by atoms with Gasteiger partial charge in [-0.25, -0.2) is 4.98 Å². The van der Waals surface area contributed by atoms with Crippen LogP contribution in [0.2, 0.25) is 0 Å². The molecule has 5 rings (SSSR count). The van der Waals surface area contributed by atoms with Crippen molar-refractivity contribution in [3.05, 3.63) is 60.0 Å². The second-order valence-corrected chi connectivity index (χ2v) is 10.2. The molecular formula is C29H35N5O2. The van der Waals surface area contributed by atoms with Crippen molar-refractivity contribution in [2.45, 2.75) is 63.2 Å². The van der Waals surface area contributed by atoms with Gasteiger partial charge in [-0.1, -0.05) is 30.4 Å². The summed E-state index contributed by atoms with van der Waals surface area (Å²) in [5, 5.41) is 15.3. The van der Waals surface area contributed by atoms with Crippen LogP contribution in [0.5, 0.6) is 5.75 Å². The summed E-state index contributed by atoms with van der Waals surface area (Å²) in [4.78, 5) is 6.72. The molecule has 1 aliphatic heterocycles. The SMILES string of the molecule is CN1CCC(n2cc(-c3cnc(N)c(OCc4cccc(C#CC5(O)CCCCC5)c4)c3)cn2)CC1. The zero-order chi connectivity index (χ0) is 25.0. The van der Waals surface area contributed by atoms with Gasteiger partial charge < -0.3 is 20.5 Å². The molecule has 1 saturated carbocycles. The number of aliphatic hydroxyl groups is 1. The largest absolute Gasteiger partial charge is 0.485 e. The van der Waals surface area contributed by atoms with E-state index in [1.54, 1.807) is 6.20 Å². The van der Waals surface area contributed by atoms with E-state index < -0.39 is 5.60 Å². The average Bonchev–Trinajstić information content (AvgIpc) is 3.39. The monoisotopic (exact) mass is 485 g/mol. The number of rotatable bonds is 5. The molecule has 36 heavy (non-hydrogen) atoms. The molecule has 2 aliphatic rings. The van der Waals surface area contributed by atoms with Crippen LogP contribution in [0.1, 0.15) is 62.1 Å². The summed E-state index contributed by atoms with van der Waals surface area (Å²) in [5.41, 5.74) is 9.06. The van der Waals surface area contributed by atoms with Crippen molar-refractivity contribution in [1.29, 1.82) is 0 Å². The lowest BCUT2D eigenvalue weighted by Crippen LogP contribution is -2.31. The first kappa shape index (κ1) is 24.4. The van der Waals surface area contributed by atoms with Gasteiger partial charge in [-0.2, -0.15) is 5.10 Å². The van der Waals surface area contributed by atoms with E-state index in [0.29, 0.717) is 24.2 Å². The predicted molar refractivity (Wildman–Crippen MR) is 141 cm³/mol. The van der Waals surface area contributed by atoms with Crippen LogP contribution in [-0.2, 0) is 6.61 Å². The molecule has 188 valence electrons. The van der Waals surface area contributed by atoms with Crippen molar-refractivity contribution in [1.82, 2.24) is 19.7 Å². The maximum Gasteiger partial charge on any atom is 0.166 e. The number of benzene rings is 1. The fourth-order valence-corrected chi connectivity index (χ4v) is 5.03. The Morgan fingerprint density at radius 2 is 1.92 bits per heavy atom. The Bertz CT molecular complexity index is 1240. The van der Waals surface area contributed by atoms with Gasteiger partial charge in [0.05, 0.1) is 12.2 Å². The molecule has 1 aliphatic carbocycles. The first-order valence-corrected chi connectivity index (χ1v) is 12.9. The van der Waals surface area contributed by atoms with Crippen LogP contribution in [0.15, 0.2) is 48.9 Å². The van der Waals surface area contributed by atoms with Crippen molar-refractivity contribution in [3.8, 4) is 28.7 Å². The molecule has 0 spiro atoms. The van der Waals surface area contributed by atoms with Gasteiger partial charge in [0, 0.05) is 29.1 Å². The molecule has 3 N–H and O–H groups in total. The van der Waals surface area contributed by atoms with Gasteiger partial charge in [-0.05, 0) is 82.4 Å². The van der Waals surface area contributed by atoms with Crippen LogP contribution >= 0.6 is 0 Å². The minimum atomic E-state index is -0.855. The molecule has 0 radical (unpaired) electrons. The molecule has 3 heterocycles. The third-order valence-electron chi connectivity index (χ3n) is 7.32. The number of nitrogens with zero attached hydrogens (tertiary/aromatic N) is 4. The molecule has 2 aromatic heterocycles. The molecule has 3 aromatic rings. The number of pyridine rings is 1. The van der Waals surface area contributed by atoms with Crippen LogP contribution in [0.4, 0.5) is 5.82 Å². The Kier molecular flexibility index (Phi) is 7.26. The Balaban J connectivity index is 1.25. The van der Waals surface area contributed by atoms with E-state index in [1.807, 2.05) is 36.5 Å². The molecule has 1 saturated heterocycles. The normalized spacial score (nSPS) is 18.4. The molecule has 2 fully saturated rings. The zero-order valence-electron chi connectivity index (χ0n) is 21.0. The first-order valence-electron chi connectivity index (χ1n) is 12.9. The second-order valence-electron chi connectivity index (χ2n) is 10.2. The Morgan fingerprint density at radius 3 is 2.72 bits per heavy atom. The van der Waals surface area contributed by atoms with E-state index in [9.17, 15) is 5.11 Å².